The SMILES string of the molecule is CC(C)C(C(=O)N1CCC(C(C)N)CC1)N1C(=O)c2ccccc2C1=O. The van der Waals surface area contributed by atoms with E-state index in [4.69, 9.17) is 5.73 Å². The summed E-state index contributed by atoms with van der Waals surface area (Å²) < 4.78 is 0. The molecule has 0 aliphatic carbocycles. The van der Waals surface area contributed by atoms with Gasteiger partial charge in [0.25, 0.3) is 11.8 Å². The van der Waals surface area contributed by atoms with Crippen molar-refractivity contribution in [2.75, 3.05) is 13.1 Å². The smallest absolute Gasteiger partial charge is 0.262 e. The number of nitrogens with zero attached hydrogens (tertiary/aromatic N) is 2. The number of hydrogen-bond acceptors (Lipinski definition) is 4. The molecule has 2 aliphatic heterocycles. The first kappa shape index (κ1) is 18.6. The zero-order valence-electron chi connectivity index (χ0n) is 15.6. The van der Waals surface area contributed by atoms with Crippen LogP contribution in [0.4, 0.5) is 0 Å². The molecule has 1 fully saturated rings. The summed E-state index contributed by atoms with van der Waals surface area (Å²) in [5.74, 6) is -0.629. The molecule has 0 radical (unpaired) electrons. The van der Waals surface area contributed by atoms with Gasteiger partial charge in [0.1, 0.15) is 6.04 Å². The molecule has 26 heavy (non-hydrogen) atoms. The number of likely N-dealkylation sites (tertiary alicyclic amines) is 1. The van der Waals surface area contributed by atoms with Gasteiger partial charge in [0, 0.05) is 19.1 Å². The van der Waals surface area contributed by atoms with E-state index in [9.17, 15) is 14.4 Å². The summed E-state index contributed by atoms with van der Waals surface area (Å²) in [6.45, 7) is 6.99. The number of carbonyl (C=O) groups is 3. The van der Waals surface area contributed by atoms with E-state index in [-0.39, 0.29) is 29.7 Å². The molecule has 0 bridgehead atoms. The van der Waals surface area contributed by atoms with Crippen LogP contribution < -0.4 is 5.73 Å². The molecule has 2 unspecified atom stereocenters. The Bertz CT molecular complexity index is 686. The van der Waals surface area contributed by atoms with Crippen LogP contribution in [0, 0.1) is 11.8 Å². The van der Waals surface area contributed by atoms with Crippen LogP contribution in [0.1, 0.15) is 54.3 Å². The van der Waals surface area contributed by atoms with Crippen LogP contribution in [-0.2, 0) is 4.79 Å². The number of piperidine rings is 1. The minimum atomic E-state index is -0.769. The molecule has 0 saturated carbocycles. The maximum atomic E-state index is 13.2. The Morgan fingerprint density at radius 2 is 1.54 bits per heavy atom. The fraction of sp³-hybridized carbons (Fsp3) is 0.550. The summed E-state index contributed by atoms with van der Waals surface area (Å²) in [5, 5.41) is 0. The normalized spacial score (nSPS) is 20.5. The molecule has 2 aliphatic rings. The maximum Gasteiger partial charge on any atom is 0.262 e. The van der Waals surface area contributed by atoms with E-state index in [1.165, 1.54) is 0 Å². The first-order valence-electron chi connectivity index (χ1n) is 9.34. The van der Waals surface area contributed by atoms with Gasteiger partial charge in [-0.1, -0.05) is 26.0 Å². The molecule has 0 spiro atoms. The van der Waals surface area contributed by atoms with E-state index in [0.717, 1.165) is 17.7 Å². The molecular weight excluding hydrogens is 330 g/mol. The molecule has 3 rings (SSSR count). The van der Waals surface area contributed by atoms with Crippen LogP contribution in [0.5, 0.6) is 0 Å². The first-order valence-corrected chi connectivity index (χ1v) is 9.34. The van der Waals surface area contributed by atoms with Crippen molar-refractivity contribution >= 4 is 17.7 Å². The second kappa shape index (κ2) is 7.19. The molecule has 2 N–H and O–H groups in total. The molecule has 6 nitrogen and oxygen atoms in total. The average Bonchev–Trinajstić information content (AvgIpc) is 2.87. The van der Waals surface area contributed by atoms with E-state index in [0.29, 0.717) is 30.1 Å². The third-order valence-electron chi connectivity index (χ3n) is 5.58. The lowest BCUT2D eigenvalue weighted by Gasteiger charge is -2.38. The Hall–Kier alpha value is -2.21. The number of hydrogen-bond donors (Lipinski definition) is 1. The van der Waals surface area contributed by atoms with Crippen LogP contribution in [0.25, 0.3) is 0 Å². The second-order valence-electron chi connectivity index (χ2n) is 7.74. The van der Waals surface area contributed by atoms with Gasteiger partial charge in [-0.3, -0.25) is 19.3 Å². The first-order chi connectivity index (χ1) is 12.3. The lowest BCUT2D eigenvalue weighted by atomic mass is 9.90. The van der Waals surface area contributed by atoms with Gasteiger partial charge in [-0.2, -0.15) is 0 Å². The molecule has 6 heteroatoms. The lowest BCUT2D eigenvalue weighted by molar-refractivity contribution is -0.138. The molecule has 3 amide bonds. The zero-order valence-corrected chi connectivity index (χ0v) is 15.6. The van der Waals surface area contributed by atoms with Gasteiger partial charge in [0.2, 0.25) is 5.91 Å². The molecule has 2 atom stereocenters. The summed E-state index contributed by atoms with van der Waals surface area (Å²) >= 11 is 0. The van der Waals surface area contributed by atoms with E-state index in [1.807, 2.05) is 20.8 Å². The molecule has 2 heterocycles. The molecule has 1 saturated heterocycles. The van der Waals surface area contributed by atoms with Gasteiger partial charge in [0.15, 0.2) is 0 Å². The number of benzene rings is 1. The predicted molar refractivity (Wildman–Crippen MR) is 98.5 cm³/mol. The number of fused-ring (bicyclic) bond motifs is 1. The van der Waals surface area contributed by atoms with Crippen molar-refractivity contribution in [3.05, 3.63) is 35.4 Å². The number of amides is 3. The Morgan fingerprint density at radius 3 is 1.96 bits per heavy atom. The third kappa shape index (κ3) is 3.14. The Morgan fingerprint density at radius 1 is 1.04 bits per heavy atom. The highest BCUT2D eigenvalue weighted by Crippen LogP contribution is 2.29. The van der Waals surface area contributed by atoms with Crippen molar-refractivity contribution in [3.8, 4) is 0 Å². The Kier molecular flexibility index (Phi) is 5.14. The number of nitrogens with two attached hydrogens (primary N) is 1. The van der Waals surface area contributed by atoms with Gasteiger partial charge in [-0.05, 0) is 43.7 Å². The van der Waals surface area contributed by atoms with Crippen molar-refractivity contribution in [2.24, 2.45) is 17.6 Å². The highest BCUT2D eigenvalue weighted by molar-refractivity contribution is 6.22. The van der Waals surface area contributed by atoms with Gasteiger partial charge in [-0.25, -0.2) is 0 Å². The largest absolute Gasteiger partial charge is 0.341 e. The van der Waals surface area contributed by atoms with Crippen molar-refractivity contribution in [2.45, 2.75) is 45.7 Å². The number of carbonyl (C=O) groups excluding carboxylic acids is 3. The van der Waals surface area contributed by atoms with Crippen LogP contribution >= 0.6 is 0 Å². The minimum absolute atomic E-state index is 0.115. The molecule has 140 valence electrons. The predicted octanol–water partition coefficient (Wildman–Crippen LogP) is 1.89. The van der Waals surface area contributed by atoms with Crippen LogP contribution in [0.2, 0.25) is 0 Å². The second-order valence-corrected chi connectivity index (χ2v) is 7.74. The van der Waals surface area contributed by atoms with E-state index >= 15 is 0 Å². The van der Waals surface area contributed by atoms with E-state index in [1.54, 1.807) is 29.2 Å². The van der Waals surface area contributed by atoms with Crippen molar-refractivity contribution < 1.29 is 14.4 Å². The Balaban J connectivity index is 1.82. The van der Waals surface area contributed by atoms with E-state index in [2.05, 4.69) is 0 Å². The van der Waals surface area contributed by atoms with Crippen molar-refractivity contribution in [1.29, 1.82) is 0 Å². The third-order valence-corrected chi connectivity index (χ3v) is 5.58. The van der Waals surface area contributed by atoms with Crippen LogP contribution in [0.15, 0.2) is 24.3 Å². The number of imide groups is 1. The average molecular weight is 357 g/mol. The quantitative estimate of drug-likeness (QED) is 0.834. The van der Waals surface area contributed by atoms with Crippen molar-refractivity contribution in [3.63, 3.8) is 0 Å². The topological polar surface area (TPSA) is 83.7 Å². The number of rotatable bonds is 4. The summed E-state index contributed by atoms with van der Waals surface area (Å²) in [6, 6.07) is 6.10. The minimum Gasteiger partial charge on any atom is -0.341 e. The monoisotopic (exact) mass is 357 g/mol. The zero-order chi connectivity index (χ0) is 19.0. The maximum absolute atomic E-state index is 13.2. The Labute approximate surface area is 154 Å². The highest BCUT2D eigenvalue weighted by Gasteiger charge is 2.45. The summed E-state index contributed by atoms with van der Waals surface area (Å²) in [7, 11) is 0. The summed E-state index contributed by atoms with van der Waals surface area (Å²) in [4.78, 5) is 41.7. The fourth-order valence-corrected chi connectivity index (χ4v) is 3.99. The molecule has 1 aromatic rings. The van der Waals surface area contributed by atoms with Crippen LogP contribution in [-0.4, -0.2) is 52.7 Å². The molecular formula is C20H27N3O3. The van der Waals surface area contributed by atoms with Gasteiger partial charge >= 0.3 is 0 Å². The van der Waals surface area contributed by atoms with Gasteiger partial charge in [0.05, 0.1) is 11.1 Å². The van der Waals surface area contributed by atoms with E-state index < -0.39 is 6.04 Å². The standard InChI is InChI=1S/C20H27N3O3/c1-12(2)17(20(26)22-10-8-14(9-11-22)13(3)21)23-18(24)15-6-4-5-7-16(15)19(23)25/h4-7,12-14,17H,8-11,21H2,1-3H3. The highest BCUT2D eigenvalue weighted by atomic mass is 16.2. The van der Waals surface area contributed by atoms with Crippen molar-refractivity contribution in [1.82, 2.24) is 9.80 Å². The van der Waals surface area contributed by atoms with Gasteiger partial charge in [-0.15, -0.1) is 0 Å². The lowest BCUT2D eigenvalue weighted by Crippen LogP contribution is -2.55. The molecule has 1 aromatic carbocycles. The fourth-order valence-electron chi connectivity index (χ4n) is 3.99. The molecule has 0 aromatic heterocycles. The van der Waals surface area contributed by atoms with Crippen LogP contribution in [0.3, 0.4) is 0 Å². The summed E-state index contributed by atoms with van der Waals surface area (Å²) in [5.41, 5.74) is 6.74. The summed E-state index contributed by atoms with van der Waals surface area (Å²) in [6.07, 6.45) is 1.71. The van der Waals surface area contributed by atoms with Gasteiger partial charge < -0.3 is 10.6 Å².